The number of carbonyl (C=O) groups excluding carboxylic acids is 1. The molecule has 0 atom stereocenters. The van der Waals surface area contributed by atoms with Gasteiger partial charge in [-0.2, -0.15) is 0 Å². The van der Waals surface area contributed by atoms with Crippen LogP contribution in [0.1, 0.15) is 25.7 Å². The van der Waals surface area contributed by atoms with Crippen LogP contribution in [0.25, 0.3) is 0 Å². The molecule has 1 aromatic carbocycles. The monoisotopic (exact) mass is 244 g/mol. The summed E-state index contributed by atoms with van der Waals surface area (Å²) in [5.41, 5.74) is 3.12. The second-order valence-electron chi connectivity index (χ2n) is 4.89. The third-order valence-electron chi connectivity index (χ3n) is 3.25. The normalized spacial score (nSPS) is 17.9. The van der Waals surface area contributed by atoms with Crippen LogP contribution in [-0.2, 0) is 4.79 Å². The summed E-state index contributed by atoms with van der Waals surface area (Å²) >= 11 is 0. The van der Waals surface area contributed by atoms with Crippen molar-refractivity contribution in [2.24, 2.45) is 0 Å². The molecule has 0 aliphatic heterocycles. The average Bonchev–Trinajstić information content (AvgIpc) is 2.38. The Bertz CT molecular complexity index is 446. The summed E-state index contributed by atoms with van der Waals surface area (Å²) in [6.45, 7) is 0. The number of benzene rings is 1. The maximum Gasteiger partial charge on any atom is 0.160 e. The number of hydrogen-bond donors (Lipinski definition) is 1. The molecule has 0 amide bonds. The maximum absolute atomic E-state index is 11.6. The molecule has 1 N–H and O–H groups in total. The Morgan fingerprint density at radius 3 is 2.39 bits per heavy atom. The summed E-state index contributed by atoms with van der Waals surface area (Å²) < 4.78 is 0. The summed E-state index contributed by atoms with van der Waals surface area (Å²) in [4.78, 5) is 13.7. The molecule has 1 aliphatic carbocycles. The zero-order chi connectivity index (χ0) is 13.0. The Morgan fingerprint density at radius 2 is 1.78 bits per heavy atom. The molecular weight excluding hydrogens is 224 g/mol. The van der Waals surface area contributed by atoms with Crippen LogP contribution >= 0.6 is 0 Å². The van der Waals surface area contributed by atoms with Crippen molar-refractivity contribution in [2.45, 2.75) is 25.7 Å². The molecular formula is C15H20N2O. The van der Waals surface area contributed by atoms with Crippen molar-refractivity contribution in [2.75, 3.05) is 24.3 Å². The molecule has 0 saturated heterocycles. The van der Waals surface area contributed by atoms with Crippen molar-refractivity contribution < 1.29 is 4.79 Å². The summed E-state index contributed by atoms with van der Waals surface area (Å²) in [6, 6.07) is 8.17. The molecule has 18 heavy (non-hydrogen) atoms. The summed E-state index contributed by atoms with van der Waals surface area (Å²) in [7, 11) is 4.04. The molecule has 0 spiro atoms. The van der Waals surface area contributed by atoms with E-state index in [0.717, 1.165) is 30.5 Å². The van der Waals surface area contributed by atoms with Crippen molar-refractivity contribution >= 4 is 17.2 Å². The molecule has 0 unspecified atom stereocenters. The highest BCUT2D eigenvalue weighted by Crippen LogP contribution is 2.21. The number of ketones is 1. The lowest BCUT2D eigenvalue weighted by Crippen LogP contribution is -2.10. The topological polar surface area (TPSA) is 32.3 Å². The van der Waals surface area contributed by atoms with Gasteiger partial charge in [0.05, 0.1) is 0 Å². The van der Waals surface area contributed by atoms with E-state index >= 15 is 0 Å². The lowest BCUT2D eigenvalue weighted by Gasteiger charge is -2.14. The zero-order valence-electron chi connectivity index (χ0n) is 11.1. The number of allylic oxidation sites excluding steroid dienone is 1. The van der Waals surface area contributed by atoms with Gasteiger partial charge in [0.25, 0.3) is 0 Å². The van der Waals surface area contributed by atoms with Crippen LogP contribution in [0.4, 0.5) is 11.4 Å². The predicted molar refractivity (Wildman–Crippen MR) is 75.9 cm³/mol. The van der Waals surface area contributed by atoms with Gasteiger partial charge in [-0.1, -0.05) is 0 Å². The van der Waals surface area contributed by atoms with Gasteiger partial charge in [0.15, 0.2) is 5.78 Å². The quantitative estimate of drug-likeness (QED) is 0.829. The zero-order valence-corrected chi connectivity index (χ0v) is 11.1. The largest absolute Gasteiger partial charge is 0.378 e. The molecule has 0 heterocycles. The van der Waals surface area contributed by atoms with Gasteiger partial charge in [-0.05, 0) is 43.5 Å². The fourth-order valence-corrected chi connectivity index (χ4v) is 2.08. The minimum absolute atomic E-state index is 0.290. The second-order valence-corrected chi connectivity index (χ2v) is 4.89. The van der Waals surface area contributed by atoms with E-state index in [-0.39, 0.29) is 0 Å². The highest BCUT2D eigenvalue weighted by molar-refractivity contribution is 5.96. The first-order valence-corrected chi connectivity index (χ1v) is 6.43. The fourth-order valence-electron chi connectivity index (χ4n) is 2.08. The molecule has 3 nitrogen and oxygen atoms in total. The first-order chi connectivity index (χ1) is 8.66. The smallest absolute Gasteiger partial charge is 0.160 e. The molecule has 0 bridgehead atoms. The van der Waals surface area contributed by atoms with Crippen LogP contribution < -0.4 is 10.2 Å². The van der Waals surface area contributed by atoms with Crippen LogP contribution in [0, 0.1) is 0 Å². The Hall–Kier alpha value is -1.77. The van der Waals surface area contributed by atoms with Crippen LogP contribution in [0.3, 0.4) is 0 Å². The maximum atomic E-state index is 11.6. The van der Waals surface area contributed by atoms with Gasteiger partial charge in [-0.15, -0.1) is 0 Å². The van der Waals surface area contributed by atoms with Gasteiger partial charge in [0.2, 0.25) is 0 Å². The van der Waals surface area contributed by atoms with E-state index in [1.807, 2.05) is 32.4 Å². The van der Waals surface area contributed by atoms with E-state index in [9.17, 15) is 4.79 Å². The van der Waals surface area contributed by atoms with E-state index in [1.54, 1.807) is 0 Å². The van der Waals surface area contributed by atoms with E-state index in [2.05, 4.69) is 22.3 Å². The minimum atomic E-state index is 0.290. The van der Waals surface area contributed by atoms with Crippen molar-refractivity contribution in [3.63, 3.8) is 0 Å². The van der Waals surface area contributed by atoms with Crippen LogP contribution in [-0.4, -0.2) is 19.9 Å². The lowest BCUT2D eigenvalue weighted by molar-refractivity contribution is -0.116. The molecule has 3 heteroatoms. The highest BCUT2D eigenvalue weighted by atomic mass is 16.1. The molecule has 96 valence electrons. The number of nitrogens with one attached hydrogen (secondary N) is 1. The molecule has 0 radical (unpaired) electrons. The molecule has 2 rings (SSSR count). The predicted octanol–water partition coefficient (Wildman–Crippen LogP) is 3.19. The number of rotatable bonds is 3. The van der Waals surface area contributed by atoms with Gasteiger partial charge in [0.1, 0.15) is 0 Å². The SMILES string of the molecule is CN(C)c1ccc(NC=C2CCCCC2=O)cc1. The van der Waals surface area contributed by atoms with E-state index in [1.165, 1.54) is 5.69 Å². The number of Topliss-reactive ketones (excluding diaryl/α,β-unsaturated/α-hetero) is 1. The van der Waals surface area contributed by atoms with Gasteiger partial charge >= 0.3 is 0 Å². The fraction of sp³-hybridized carbons (Fsp3) is 0.400. The van der Waals surface area contributed by atoms with Gasteiger partial charge in [-0.3, -0.25) is 4.79 Å². The standard InChI is InChI=1S/C15H20N2O/c1-17(2)14-9-7-13(8-10-14)16-11-12-5-3-4-6-15(12)18/h7-11,16H,3-6H2,1-2H3. The third kappa shape index (κ3) is 3.13. The van der Waals surface area contributed by atoms with Crippen molar-refractivity contribution in [1.29, 1.82) is 0 Å². The molecule has 1 fully saturated rings. The number of anilines is 2. The molecule has 0 aromatic heterocycles. The van der Waals surface area contributed by atoms with Crippen molar-refractivity contribution in [1.82, 2.24) is 0 Å². The number of hydrogen-bond acceptors (Lipinski definition) is 3. The van der Waals surface area contributed by atoms with Gasteiger partial charge in [0, 0.05) is 43.7 Å². The molecule has 1 aliphatic rings. The second kappa shape index (κ2) is 5.71. The first-order valence-electron chi connectivity index (χ1n) is 6.43. The Morgan fingerprint density at radius 1 is 1.11 bits per heavy atom. The highest BCUT2D eigenvalue weighted by Gasteiger charge is 2.14. The minimum Gasteiger partial charge on any atom is -0.378 e. The van der Waals surface area contributed by atoms with Crippen LogP contribution in [0.2, 0.25) is 0 Å². The lowest BCUT2D eigenvalue weighted by atomic mass is 9.94. The molecule has 1 aromatic rings. The van der Waals surface area contributed by atoms with Gasteiger partial charge in [-0.25, -0.2) is 0 Å². The average molecular weight is 244 g/mol. The van der Waals surface area contributed by atoms with Crippen molar-refractivity contribution in [3.8, 4) is 0 Å². The summed E-state index contributed by atoms with van der Waals surface area (Å²) in [5, 5.41) is 3.21. The van der Waals surface area contributed by atoms with Crippen LogP contribution in [0.15, 0.2) is 36.0 Å². The number of nitrogens with zero attached hydrogens (tertiary/aromatic N) is 1. The van der Waals surface area contributed by atoms with E-state index in [0.29, 0.717) is 12.2 Å². The Balaban J connectivity index is 2.01. The van der Waals surface area contributed by atoms with E-state index in [4.69, 9.17) is 0 Å². The first kappa shape index (κ1) is 12.7. The Kier molecular flexibility index (Phi) is 4.03. The summed E-state index contributed by atoms with van der Waals surface area (Å²) in [6.07, 6.45) is 5.63. The molecule has 1 saturated carbocycles. The van der Waals surface area contributed by atoms with E-state index < -0.39 is 0 Å². The van der Waals surface area contributed by atoms with Crippen LogP contribution in [0.5, 0.6) is 0 Å². The summed E-state index contributed by atoms with van der Waals surface area (Å²) in [5.74, 6) is 0.290. The van der Waals surface area contributed by atoms with Crippen molar-refractivity contribution in [3.05, 3.63) is 36.0 Å². The Labute approximate surface area is 108 Å². The van der Waals surface area contributed by atoms with Gasteiger partial charge < -0.3 is 10.2 Å². The third-order valence-corrected chi connectivity index (χ3v) is 3.25. The number of carbonyl (C=O) groups is 1.